The lowest BCUT2D eigenvalue weighted by Gasteiger charge is -2.13. The fourth-order valence-corrected chi connectivity index (χ4v) is 0.894. The highest BCUT2D eigenvalue weighted by molar-refractivity contribution is 6.79. The number of rotatable bonds is 2. The molecule has 1 aliphatic heterocycles. The van der Waals surface area contributed by atoms with Gasteiger partial charge in [0.05, 0.1) is 6.04 Å². The van der Waals surface area contributed by atoms with Gasteiger partial charge in [0.2, 0.25) is 5.71 Å². The van der Waals surface area contributed by atoms with Gasteiger partial charge in [0, 0.05) is 0 Å². The van der Waals surface area contributed by atoms with E-state index in [2.05, 4.69) is 5.10 Å². The number of carbonyl (C=O) groups excluding carboxylic acids is 2. The van der Waals surface area contributed by atoms with Crippen molar-refractivity contribution in [3.8, 4) is 0 Å². The molecule has 0 saturated carbocycles. The monoisotopic (exact) mass is 184 g/mol. The summed E-state index contributed by atoms with van der Waals surface area (Å²) in [6.07, 6.45) is 0. The van der Waals surface area contributed by atoms with Crippen molar-refractivity contribution in [3.63, 3.8) is 0 Å². The highest BCUT2D eigenvalue weighted by atomic mass is 16.4. The predicted molar refractivity (Wildman–Crippen MR) is 42.1 cm³/mol. The first kappa shape index (κ1) is 9.37. The van der Waals surface area contributed by atoms with E-state index in [1.807, 2.05) is 0 Å². The first-order valence-corrected chi connectivity index (χ1v) is 3.65. The molecule has 1 amide bonds. The van der Waals surface area contributed by atoms with Gasteiger partial charge in [0.1, 0.15) is 0 Å². The van der Waals surface area contributed by atoms with Crippen molar-refractivity contribution in [1.82, 2.24) is 5.01 Å². The standard InChI is InChI=1S/C7H8N2O4/c1-3(2)9-6(11)5(10)4(8-9)7(12)13/h3H,1-2H3,(H,12,13). The van der Waals surface area contributed by atoms with Crippen molar-refractivity contribution >= 4 is 23.4 Å². The Kier molecular flexibility index (Phi) is 2.14. The van der Waals surface area contributed by atoms with Gasteiger partial charge < -0.3 is 5.11 Å². The van der Waals surface area contributed by atoms with Crippen molar-refractivity contribution in [2.75, 3.05) is 0 Å². The Morgan fingerprint density at radius 3 is 2.23 bits per heavy atom. The molecule has 0 aromatic heterocycles. The number of carboxylic acid groups (broad SMARTS) is 1. The van der Waals surface area contributed by atoms with Gasteiger partial charge in [-0.15, -0.1) is 0 Å². The maximum Gasteiger partial charge on any atom is 0.360 e. The molecule has 0 saturated heterocycles. The second-order valence-corrected chi connectivity index (χ2v) is 2.83. The van der Waals surface area contributed by atoms with Gasteiger partial charge in [-0.05, 0) is 13.8 Å². The minimum Gasteiger partial charge on any atom is -0.476 e. The van der Waals surface area contributed by atoms with E-state index in [1.165, 1.54) is 0 Å². The number of hydrazone groups is 1. The molecule has 1 N–H and O–H groups in total. The first-order valence-electron chi connectivity index (χ1n) is 3.65. The van der Waals surface area contributed by atoms with Crippen LogP contribution in [-0.2, 0) is 14.4 Å². The van der Waals surface area contributed by atoms with Crippen molar-refractivity contribution in [1.29, 1.82) is 0 Å². The van der Waals surface area contributed by atoms with Gasteiger partial charge in [0.25, 0.3) is 5.78 Å². The van der Waals surface area contributed by atoms with Gasteiger partial charge in [0.15, 0.2) is 0 Å². The summed E-state index contributed by atoms with van der Waals surface area (Å²) < 4.78 is 0. The van der Waals surface area contributed by atoms with E-state index in [0.29, 0.717) is 0 Å². The Hall–Kier alpha value is -1.72. The molecule has 0 aliphatic carbocycles. The average Bonchev–Trinajstić information content (AvgIpc) is 2.29. The highest BCUT2D eigenvalue weighted by Crippen LogP contribution is 2.09. The summed E-state index contributed by atoms with van der Waals surface area (Å²) >= 11 is 0. The van der Waals surface area contributed by atoms with Crippen LogP contribution in [0.5, 0.6) is 0 Å². The molecule has 0 aromatic carbocycles. The predicted octanol–water partition coefficient (Wildman–Crippen LogP) is -0.753. The molecule has 0 spiro atoms. The SMILES string of the molecule is CC(C)N1N=C(C(=O)O)C(=O)C1=O. The fourth-order valence-electron chi connectivity index (χ4n) is 0.894. The number of ketones is 1. The minimum absolute atomic E-state index is 0.312. The lowest BCUT2D eigenvalue weighted by molar-refractivity contribution is -0.141. The fraction of sp³-hybridized carbons (Fsp3) is 0.429. The van der Waals surface area contributed by atoms with Crippen molar-refractivity contribution in [2.24, 2.45) is 5.10 Å². The van der Waals surface area contributed by atoms with Crippen LogP contribution >= 0.6 is 0 Å². The third-order valence-electron chi connectivity index (χ3n) is 1.52. The summed E-state index contributed by atoms with van der Waals surface area (Å²) in [5.74, 6) is -3.41. The molecule has 0 bridgehead atoms. The lowest BCUT2D eigenvalue weighted by atomic mass is 10.2. The molecule has 6 heteroatoms. The summed E-state index contributed by atoms with van der Waals surface area (Å²) in [5.41, 5.74) is -0.710. The topological polar surface area (TPSA) is 87.0 Å². The summed E-state index contributed by atoms with van der Waals surface area (Å²) in [6, 6.07) is -0.312. The van der Waals surface area contributed by atoms with E-state index < -0.39 is 23.4 Å². The molecule has 1 rings (SSSR count). The normalized spacial score (nSPS) is 16.8. The molecule has 6 nitrogen and oxygen atoms in total. The zero-order valence-corrected chi connectivity index (χ0v) is 7.14. The molecule has 0 unspecified atom stereocenters. The molecule has 70 valence electrons. The van der Waals surface area contributed by atoms with E-state index in [1.54, 1.807) is 13.8 Å². The number of carbonyl (C=O) groups is 3. The van der Waals surface area contributed by atoms with E-state index >= 15 is 0 Å². The number of hydrogen-bond acceptors (Lipinski definition) is 4. The third-order valence-corrected chi connectivity index (χ3v) is 1.52. The van der Waals surface area contributed by atoms with Crippen LogP contribution in [0, 0.1) is 0 Å². The van der Waals surface area contributed by atoms with Crippen molar-refractivity contribution in [3.05, 3.63) is 0 Å². The third kappa shape index (κ3) is 1.42. The number of aliphatic carboxylic acids is 1. The molecule has 1 aliphatic rings. The van der Waals surface area contributed by atoms with Gasteiger partial charge >= 0.3 is 11.9 Å². The molecule has 0 aromatic rings. The largest absolute Gasteiger partial charge is 0.476 e. The van der Waals surface area contributed by atoms with E-state index in [0.717, 1.165) is 5.01 Å². The van der Waals surface area contributed by atoms with Crippen LogP contribution in [0.15, 0.2) is 5.10 Å². The number of carboxylic acids is 1. The quantitative estimate of drug-likeness (QED) is 0.572. The highest BCUT2D eigenvalue weighted by Gasteiger charge is 2.38. The van der Waals surface area contributed by atoms with Crippen LogP contribution in [0.1, 0.15) is 13.8 Å². The van der Waals surface area contributed by atoms with E-state index in [9.17, 15) is 14.4 Å². The smallest absolute Gasteiger partial charge is 0.360 e. The Labute approximate surface area is 73.8 Å². The zero-order valence-electron chi connectivity index (χ0n) is 7.14. The lowest BCUT2D eigenvalue weighted by Crippen LogP contribution is -2.33. The van der Waals surface area contributed by atoms with Gasteiger partial charge in [-0.2, -0.15) is 5.10 Å². The molecule has 0 fully saturated rings. The number of hydrogen-bond donors (Lipinski definition) is 1. The molecular formula is C7H8N2O4. The Bertz CT molecular complexity index is 318. The molecule has 13 heavy (non-hydrogen) atoms. The maximum absolute atomic E-state index is 11.1. The van der Waals surface area contributed by atoms with E-state index in [4.69, 9.17) is 5.11 Å². The second kappa shape index (κ2) is 2.96. The van der Waals surface area contributed by atoms with Crippen molar-refractivity contribution < 1.29 is 19.5 Å². The van der Waals surface area contributed by atoms with Gasteiger partial charge in [-0.1, -0.05) is 0 Å². The molecule has 0 radical (unpaired) electrons. The van der Waals surface area contributed by atoms with Crippen LogP contribution in [0.3, 0.4) is 0 Å². The van der Waals surface area contributed by atoms with Gasteiger partial charge in [-0.3, -0.25) is 9.59 Å². The maximum atomic E-state index is 11.1. The number of Topliss-reactive ketones (excluding diaryl/α,β-unsaturated/α-hetero) is 1. The van der Waals surface area contributed by atoms with Crippen LogP contribution in [0.2, 0.25) is 0 Å². The molecule has 0 atom stereocenters. The van der Waals surface area contributed by atoms with Gasteiger partial charge in [-0.25, -0.2) is 9.80 Å². The Morgan fingerprint density at radius 2 is 2.00 bits per heavy atom. The summed E-state index contributed by atoms with van der Waals surface area (Å²) in [7, 11) is 0. The van der Waals surface area contributed by atoms with Crippen LogP contribution in [-0.4, -0.2) is 39.5 Å². The minimum atomic E-state index is -1.47. The zero-order chi connectivity index (χ0) is 10.2. The number of nitrogens with zero attached hydrogens (tertiary/aromatic N) is 2. The second-order valence-electron chi connectivity index (χ2n) is 2.83. The Morgan fingerprint density at radius 1 is 1.46 bits per heavy atom. The van der Waals surface area contributed by atoms with E-state index in [-0.39, 0.29) is 6.04 Å². The first-order chi connectivity index (χ1) is 5.95. The van der Waals surface area contributed by atoms with Crippen LogP contribution < -0.4 is 0 Å². The summed E-state index contributed by atoms with van der Waals surface area (Å²) in [5, 5.41) is 12.7. The van der Waals surface area contributed by atoms with Crippen molar-refractivity contribution in [2.45, 2.75) is 19.9 Å². The molecular weight excluding hydrogens is 176 g/mol. The molecule has 1 heterocycles. The van der Waals surface area contributed by atoms with Crippen LogP contribution in [0.25, 0.3) is 0 Å². The summed E-state index contributed by atoms with van der Waals surface area (Å²) in [4.78, 5) is 32.4. The number of amides is 1. The van der Waals surface area contributed by atoms with Crippen LogP contribution in [0.4, 0.5) is 0 Å². The Balaban J connectivity index is 3.02. The average molecular weight is 184 g/mol. The summed E-state index contributed by atoms with van der Waals surface area (Å²) in [6.45, 7) is 3.28.